The molecule has 0 radical (unpaired) electrons. The normalized spacial score (nSPS) is 10.8. The predicted octanol–water partition coefficient (Wildman–Crippen LogP) is 0.0418. The molecule has 2 aromatic rings. The summed E-state index contributed by atoms with van der Waals surface area (Å²) in [6.45, 7) is 3.17. The smallest absolute Gasteiger partial charge is 0.345 e. The molecular weight excluding hydrogens is 231 g/mol. The first-order chi connectivity index (χ1) is 8.04. The molecule has 0 fully saturated rings. The molecule has 0 aliphatic rings. The summed E-state index contributed by atoms with van der Waals surface area (Å²) >= 11 is 0. The Balaban J connectivity index is 2.75. The van der Waals surface area contributed by atoms with E-state index in [2.05, 4.69) is 19.9 Å². The Kier molecular flexibility index (Phi) is 2.62. The molecule has 0 unspecified atom stereocenters. The molecule has 90 valence electrons. The quantitative estimate of drug-likeness (QED) is 0.748. The topological polar surface area (TPSA) is 89.3 Å². The fraction of sp³-hybridized carbons (Fsp3) is 0.333. The number of hydrogen-bond donors (Lipinski definition) is 1. The van der Waals surface area contributed by atoms with E-state index in [9.17, 15) is 14.0 Å². The maximum absolute atomic E-state index is 13.5. The molecule has 0 spiro atoms. The van der Waals surface area contributed by atoms with Crippen LogP contribution >= 0.6 is 0 Å². The van der Waals surface area contributed by atoms with Gasteiger partial charge >= 0.3 is 5.97 Å². The fourth-order valence-electron chi connectivity index (χ4n) is 1.43. The third-order valence-corrected chi connectivity index (χ3v) is 2.06. The van der Waals surface area contributed by atoms with Crippen molar-refractivity contribution in [2.24, 2.45) is 0 Å². The van der Waals surface area contributed by atoms with Gasteiger partial charge in [0, 0.05) is 0 Å². The number of esters is 1. The van der Waals surface area contributed by atoms with Gasteiger partial charge in [-0.1, -0.05) is 0 Å². The standard InChI is InChI=1S/C9H9FN4O3/c1-3-17-9(16)5-6-8(15)11-4(2)12-14(6)13-7(5)10/h3H2,1-2H3,(H,11,12,15). The number of nitrogens with zero attached hydrogens (tertiary/aromatic N) is 3. The Morgan fingerprint density at radius 2 is 2.24 bits per heavy atom. The summed E-state index contributed by atoms with van der Waals surface area (Å²) in [4.78, 5) is 25.5. The lowest BCUT2D eigenvalue weighted by Gasteiger charge is -1.99. The van der Waals surface area contributed by atoms with E-state index >= 15 is 0 Å². The summed E-state index contributed by atoms with van der Waals surface area (Å²) in [6, 6.07) is 0. The monoisotopic (exact) mass is 240 g/mol. The third-order valence-electron chi connectivity index (χ3n) is 2.06. The van der Waals surface area contributed by atoms with Crippen molar-refractivity contribution in [3.63, 3.8) is 0 Å². The number of fused-ring (bicyclic) bond motifs is 1. The molecule has 7 nitrogen and oxygen atoms in total. The van der Waals surface area contributed by atoms with Crippen molar-refractivity contribution >= 4 is 11.5 Å². The lowest BCUT2D eigenvalue weighted by molar-refractivity contribution is 0.0523. The van der Waals surface area contributed by atoms with Crippen LogP contribution in [-0.2, 0) is 4.74 Å². The van der Waals surface area contributed by atoms with Crippen molar-refractivity contribution in [3.05, 3.63) is 27.7 Å². The van der Waals surface area contributed by atoms with Crippen LogP contribution in [0.1, 0.15) is 23.1 Å². The van der Waals surface area contributed by atoms with E-state index in [1.165, 1.54) is 6.92 Å². The van der Waals surface area contributed by atoms with Gasteiger partial charge in [-0.05, 0) is 13.8 Å². The van der Waals surface area contributed by atoms with Crippen LogP contribution in [-0.4, -0.2) is 32.4 Å². The number of aromatic amines is 1. The first-order valence-corrected chi connectivity index (χ1v) is 4.87. The van der Waals surface area contributed by atoms with Crippen molar-refractivity contribution in [3.8, 4) is 0 Å². The SMILES string of the molecule is CCOC(=O)c1c(F)nn2nc(C)[nH]c(=O)c12. The summed E-state index contributed by atoms with van der Waals surface area (Å²) in [5.74, 6) is -1.75. The van der Waals surface area contributed by atoms with Crippen LogP contribution in [0.2, 0.25) is 0 Å². The Labute approximate surface area is 94.2 Å². The number of rotatable bonds is 2. The highest BCUT2D eigenvalue weighted by Crippen LogP contribution is 2.11. The van der Waals surface area contributed by atoms with Crippen molar-refractivity contribution in [1.82, 2.24) is 19.8 Å². The van der Waals surface area contributed by atoms with Crippen molar-refractivity contribution < 1.29 is 13.9 Å². The first-order valence-electron chi connectivity index (χ1n) is 4.87. The highest BCUT2D eigenvalue weighted by Gasteiger charge is 2.24. The number of aryl methyl sites for hydroxylation is 1. The van der Waals surface area contributed by atoms with Gasteiger partial charge in [0.05, 0.1) is 6.61 Å². The second-order valence-electron chi connectivity index (χ2n) is 3.26. The summed E-state index contributed by atoms with van der Waals surface area (Å²) in [6.07, 6.45) is 0. The number of hydrogen-bond acceptors (Lipinski definition) is 5. The number of nitrogens with one attached hydrogen (secondary N) is 1. The van der Waals surface area contributed by atoms with Crippen LogP contribution in [0.25, 0.3) is 5.52 Å². The van der Waals surface area contributed by atoms with E-state index in [1.807, 2.05) is 0 Å². The number of carbonyl (C=O) groups is 1. The molecule has 0 bridgehead atoms. The molecule has 0 aliphatic carbocycles. The summed E-state index contributed by atoms with van der Waals surface area (Å²) in [5, 5.41) is 7.12. The van der Waals surface area contributed by atoms with Gasteiger partial charge in [-0.3, -0.25) is 4.79 Å². The maximum atomic E-state index is 13.5. The van der Waals surface area contributed by atoms with Gasteiger partial charge < -0.3 is 9.72 Å². The number of aromatic nitrogens is 4. The molecule has 2 rings (SSSR count). The Morgan fingerprint density at radius 1 is 1.53 bits per heavy atom. The number of halogens is 1. The summed E-state index contributed by atoms with van der Waals surface area (Å²) in [7, 11) is 0. The molecule has 0 atom stereocenters. The number of ether oxygens (including phenoxy) is 1. The van der Waals surface area contributed by atoms with Gasteiger partial charge in [0.2, 0.25) is 5.95 Å². The Bertz CT molecular complexity index is 645. The van der Waals surface area contributed by atoms with Crippen molar-refractivity contribution in [1.29, 1.82) is 0 Å². The third kappa shape index (κ3) is 1.77. The molecule has 1 N–H and O–H groups in total. The van der Waals surface area contributed by atoms with Crippen molar-refractivity contribution in [2.45, 2.75) is 13.8 Å². The minimum absolute atomic E-state index is 0.0762. The van der Waals surface area contributed by atoms with E-state index in [0.29, 0.717) is 0 Å². The largest absolute Gasteiger partial charge is 0.462 e. The second kappa shape index (κ2) is 3.96. The van der Waals surface area contributed by atoms with Crippen LogP contribution in [0.3, 0.4) is 0 Å². The predicted molar refractivity (Wildman–Crippen MR) is 54.3 cm³/mol. The maximum Gasteiger partial charge on any atom is 0.345 e. The van der Waals surface area contributed by atoms with Gasteiger partial charge in [-0.2, -0.15) is 4.39 Å². The average molecular weight is 240 g/mol. The first kappa shape index (κ1) is 11.2. The van der Waals surface area contributed by atoms with Gasteiger partial charge in [-0.25, -0.2) is 4.79 Å². The minimum Gasteiger partial charge on any atom is -0.462 e. The van der Waals surface area contributed by atoms with Crippen molar-refractivity contribution in [2.75, 3.05) is 6.61 Å². The lowest BCUT2D eigenvalue weighted by Crippen LogP contribution is -2.17. The molecule has 8 heteroatoms. The molecule has 2 heterocycles. The summed E-state index contributed by atoms with van der Waals surface area (Å²) in [5.41, 5.74) is -1.40. The lowest BCUT2D eigenvalue weighted by atomic mass is 10.3. The van der Waals surface area contributed by atoms with Gasteiger partial charge in [0.1, 0.15) is 11.4 Å². The van der Waals surface area contributed by atoms with E-state index in [4.69, 9.17) is 0 Å². The second-order valence-corrected chi connectivity index (χ2v) is 3.26. The minimum atomic E-state index is -1.08. The molecule has 17 heavy (non-hydrogen) atoms. The molecular formula is C9H9FN4O3. The zero-order valence-corrected chi connectivity index (χ0v) is 9.15. The van der Waals surface area contributed by atoms with Gasteiger partial charge in [0.25, 0.3) is 5.56 Å². The highest BCUT2D eigenvalue weighted by molar-refractivity contribution is 5.96. The molecule has 0 saturated carbocycles. The van der Waals surface area contributed by atoms with Gasteiger partial charge in [0.15, 0.2) is 5.52 Å². The van der Waals surface area contributed by atoms with E-state index in [0.717, 1.165) is 4.63 Å². The van der Waals surface area contributed by atoms with Gasteiger partial charge in [-0.15, -0.1) is 14.8 Å². The molecule has 0 aromatic carbocycles. The Morgan fingerprint density at radius 3 is 2.88 bits per heavy atom. The molecule has 0 aliphatic heterocycles. The summed E-state index contributed by atoms with van der Waals surface area (Å²) < 4.78 is 18.9. The number of H-pyrrole nitrogens is 1. The fourth-order valence-corrected chi connectivity index (χ4v) is 1.43. The van der Waals surface area contributed by atoms with Crippen LogP contribution in [0.4, 0.5) is 4.39 Å². The van der Waals surface area contributed by atoms with E-state index in [1.54, 1.807) is 6.92 Å². The number of carbonyl (C=O) groups excluding carboxylic acids is 1. The van der Waals surface area contributed by atoms with Crippen LogP contribution in [0.15, 0.2) is 4.79 Å². The van der Waals surface area contributed by atoms with Crippen LogP contribution < -0.4 is 5.56 Å². The van der Waals surface area contributed by atoms with Crippen LogP contribution in [0, 0.1) is 12.9 Å². The zero-order valence-electron chi connectivity index (χ0n) is 9.15. The van der Waals surface area contributed by atoms with E-state index in [-0.39, 0.29) is 17.9 Å². The molecule has 0 saturated heterocycles. The highest BCUT2D eigenvalue weighted by atomic mass is 19.1. The molecule has 0 amide bonds. The molecule has 2 aromatic heterocycles. The zero-order chi connectivity index (χ0) is 12.6. The van der Waals surface area contributed by atoms with E-state index < -0.39 is 23.0 Å². The average Bonchev–Trinajstić information content (AvgIpc) is 2.54. The Hall–Kier alpha value is -2.25. The van der Waals surface area contributed by atoms with Crippen LogP contribution in [0.5, 0.6) is 0 Å².